The summed E-state index contributed by atoms with van der Waals surface area (Å²) in [5.74, 6) is 0.325. The molecule has 3 aromatic carbocycles. The number of nitrogens with zero attached hydrogens (tertiary/aromatic N) is 3. The van der Waals surface area contributed by atoms with E-state index in [2.05, 4.69) is 5.32 Å². The SMILES string of the molecule is COc1ccc(Cn2c(N)c(C(=O)NCc3ccc(F)cc3)c3nc4ccccc4nc32)cc1. The van der Waals surface area contributed by atoms with Crippen LogP contribution in [0.5, 0.6) is 5.75 Å². The summed E-state index contributed by atoms with van der Waals surface area (Å²) in [6.45, 7) is 0.634. The highest BCUT2D eigenvalue weighted by Gasteiger charge is 2.24. The summed E-state index contributed by atoms with van der Waals surface area (Å²) in [6, 6.07) is 21.0. The third kappa shape index (κ3) is 4.01. The molecule has 170 valence electrons. The Bertz CT molecular complexity index is 1490. The number of aromatic nitrogens is 3. The van der Waals surface area contributed by atoms with Crippen LogP contribution in [0, 0.1) is 5.82 Å². The highest BCUT2D eigenvalue weighted by molar-refractivity contribution is 6.10. The Balaban J connectivity index is 1.56. The number of anilines is 1. The number of nitrogens with two attached hydrogens (primary N) is 1. The van der Waals surface area contributed by atoms with Gasteiger partial charge in [0.2, 0.25) is 0 Å². The first kappa shape index (κ1) is 21.4. The van der Waals surface area contributed by atoms with Crippen molar-refractivity contribution in [1.29, 1.82) is 0 Å². The Kier molecular flexibility index (Phi) is 5.55. The van der Waals surface area contributed by atoms with Gasteiger partial charge in [0.1, 0.15) is 28.5 Å². The highest BCUT2D eigenvalue weighted by Crippen LogP contribution is 2.29. The molecule has 0 aliphatic heterocycles. The average Bonchev–Trinajstić information content (AvgIpc) is 3.12. The van der Waals surface area contributed by atoms with Gasteiger partial charge in [0.05, 0.1) is 24.7 Å². The second kappa shape index (κ2) is 8.82. The largest absolute Gasteiger partial charge is 0.497 e. The summed E-state index contributed by atoms with van der Waals surface area (Å²) in [5.41, 5.74) is 10.9. The van der Waals surface area contributed by atoms with E-state index in [1.807, 2.05) is 48.5 Å². The molecule has 2 heterocycles. The number of amides is 1. The maximum atomic E-state index is 13.2. The van der Waals surface area contributed by atoms with Crippen LogP contribution in [0.3, 0.4) is 0 Å². The molecule has 0 fully saturated rings. The van der Waals surface area contributed by atoms with Crippen LogP contribution in [0.15, 0.2) is 72.8 Å². The molecule has 1 amide bonds. The number of ether oxygens (including phenoxy) is 1. The fourth-order valence-electron chi connectivity index (χ4n) is 3.89. The zero-order chi connectivity index (χ0) is 23.7. The molecule has 0 saturated heterocycles. The van der Waals surface area contributed by atoms with Crippen molar-refractivity contribution in [2.24, 2.45) is 0 Å². The van der Waals surface area contributed by atoms with Gasteiger partial charge in [0.15, 0.2) is 5.65 Å². The Morgan fingerprint density at radius 1 is 0.971 bits per heavy atom. The molecule has 0 aliphatic rings. The van der Waals surface area contributed by atoms with Crippen LogP contribution >= 0.6 is 0 Å². The van der Waals surface area contributed by atoms with Crippen LogP contribution in [-0.4, -0.2) is 27.6 Å². The van der Waals surface area contributed by atoms with E-state index in [1.54, 1.807) is 23.8 Å². The van der Waals surface area contributed by atoms with E-state index in [1.165, 1.54) is 12.1 Å². The zero-order valence-corrected chi connectivity index (χ0v) is 18.5. The number of fused-ring (bicyclic) bond motifs is 2. The number of methoxy groups -OCH3 is 1. The standard InChI is InChI=1S/C26H22FN5O2/c1-34-19-12-8-17(9-13-19)15-32-24(28)22(26(33)29-14-16-6-10-18(27)11-7-16)23-25(32)31-21-5-3-2-4-20(21)30-23/h2-13H,14-15,28H2,1H3,(H,29,33). The normalized spacial score (nSPS) is 11.1. The van der Waals surface area contributed by atoms with Crippen molar-refractivity contribution < 1.29 is 13.9 Å². The van der Waals surface area contributed by atoms with Crippen LogP contribution in [-0.2, 0) is 13.1 Å². The van der Waals surface area contributed by atoms with Gasteiger partial charge in [-0.05, 0) is 47.5 Å². The van der Waals surface area contributed by atoms with Crippen molar-refractivity contribution in [2.45, 2.75) is 13.1 Å². The molecule has 5 rings (SSSR count). The second-order valence-electron chi connectivity index (χ2n) is 7.89. The van der Waals surface area contributed by atoms with Gasteiger partial charge in [0.25, 0.3) is 5.91 Å². The van der Waals surface area contributed by atoms with Gasteiger partial charge in [-0.25, -0.2) is 14.4 Å². The third-order valence-electron chi connectivity index (χ3n) is 5.68. The molecule has 0 bridgehead atoms. The van der Waals surface area contributed by atoms with Gasteiger partial charge in [-0.1, -0.05) is 36.4 Å². The number of nitrogens with one attached hydrogen (secondary N) is 1. The van der Waals surface area contributed by atoms with Crippen molar-refractivity contribution in [3.8, 4) is 5.75 Å². The zero-order valence-electron chi connectivity index (χ0n) is 18.5. The summed E-state index contributed by atoms with van der Waals surface area (Å²) < 4.78 is 20.2. The summed E-state index contributed by atoms with van der Waals surface area (Å²) in [7, 11) is 1.62. The number of halogens is 1. The highest BCUT2D eigenvalue weighted by atomic mass is 19.1. The predicted octanol–water partition coefficient (Wildman–Crippen LogP) is 4.29. The van der Waals surface area contributed by atoms with Gasteiger partial charge >= 0.3 is 0 Å². The molecule has 0 unspecified atom stereocenters. The first-order valence-electron chi connectivity index (χ1n) is 10.7. The van der Waals surface area contributed by atoms with E-state index < -0.39 is 0 Å². The van der Waals surface area contributed by atoms with E-state index in [0.717, 1.165) is 16.9 Å². The molecule has 8 heteroatoms. The van der Waals surface area contributed by atoms with Gasteiger partial charge in [0, 0.05) is 6.54 Å². The fraction of sp³-hybridized carbons (Fsp3) is 0.115. The number of carbonyl (C=O) groups is 1. The summed E-state index contributed by atoms with van der Waals surface area (Å²) in [5, 5.41) is 2.87. The molecular formula is C26H22FN5O2. The average molecular weight is 455 g/mol. The van der Waals surface area contributed by atoms with Crippen LogP contribution in [0.1, 0.15) is 21.5 Å². The van der Waals surface area contributed by atoms with Crippen LogP contribution in [0.2, 0.25) is 0 Å². The summed E-state index contributed by atoms with van der Waals surface area (Å²) in [6.07, 6.45) is 0. The Morgan fingerprint density at radius 3 is 2.29 bits per heavy atom. The predicted molar refractivity (Wildman–Crippen MR) is 129 cm³/mol. The Hall–Kier alpha value is -4.46. The van der Waals surface area contributed by atoms with Gasteiger partial charge in [-0.2, -0.15) is 0 Å². The molecule has 3 N–H and O–H groups in total. The number of nitrogen functional groups attached to an aromatic ring is 1. The first-order chi connectivity index (χ1) is 16.5. The fourth-order valence-corrected chi connectivity index (χ4v) is 3.89. The van der Waals surface area contributed by atoms with Crippen molar-refractivity contribution in [3.63, 3.8) is 0 Å². The minimum Gasteiger partial charge on any atom is -0.497 e. The lowest BCUT2D eigenvalue weighted by molar-refractivity contribution is 0.0953. The molecule has 0 aliphatic carbocycles. The molecule has 0 saturated carbocycles. The van der Waals surface area contributed by atoms with E-state index in [9.17, 15) is 9.18 Å². The molecule has 7 nitrogen and oxygen atoms in total. The van der Waals surface area contributed by atoms with Crippen LogP contribution in [0.4, 0.5) is 10.2 Å². The number of hydrogen-bond donors (Lipinski definition) is 2. The minimum atomic E-state index is -0.370. The summed E-state index contributed by atoms with van der Waals surface area (Å²) >= 11 is 0. The molecule has 0 atom stereocenters. The molecular weight excluding hydrogens is 433 g/mol. The Morgan fingerprint density at radius 2 is 1.62 bits per heavy atom. The number of carbonyl (C=O) groups excluding carboxylic acids is 1. The smallest absolute Gasteiger partial charge is 0.257 e. The van der Waals surface area contributed by atoms with Crippen molar-refractivity contribution in [3.05, 3.63) is 95.3 Å². The van der Waals surface area contributed by atoms with Gasteiger partial charge in [-0.15, -0.1) is 0 Å². The van der Waals surface area contributed by atoms with Crippen LogP contribution < -0.4 is 15.8 Å². The second-order valence-corrected chi connectivity index (χ2v) is 7.89. The van der Waals surface area contributed by atoms with E-state index in [-0.39, 0.29) is 29.7 Å². The lowest BCUT2D eigenvalue weighted by atomic mass is 10.2. The molecule has 5 aromatic rings. The van der Waals surface area contributed by atoms with Crippen molar-refractivity contribution >= 4 is 33.9 Å². The van der Waals surface area contributed by atoms with Gasteiger partial charge < -0.3 is 20.4 Å². The third-order valence-corrected chi connectivity index (χ3v) is 5.68. The van der Waals surface area contributed by atoms with E-state index in [0.29, 0.717) is 28.7 Å². The van der Waals surface area contributed by atoms with Gasteiger partial charge in [-0.3, -0.25) is 4.79 Å². The molecule has 0 radical (unpaired) electrons. The lowest BCUT2D eigenvalue weighted by Gasteiger charge is -2.09. The van der Waals surface area contributed by atoms with Crippen LogP contribution in [0.25, 0.3) is 22.2 Å². The topological polar surface area (TPSA) is 95.1 Å². The quantitative estimate of drug-likeness (QED) is 0.398. The number of benzene rings is 3. The minimum absolute atomic E-state index is 0.227. The summed E-state index contributed by atoms with van der Waals surface area (Å²) in [4.78, 5) is 22.7. The van der Waals surface area contributed by atoms with Crippen molar-refractivity contribution in [1.82, 2.24) is 19.9 Å². The molecule has 0 spiro atoms. The number of para-hydroxylation sites is 2. The maximum absolute atomic E-state index is 13.2. The number of rotatable bonds is 6. The number of hydrogen-bond acceptors (Lipinski definition) is 5. The lowest BCUT2D eigenvalue weighted by Crippen LogP contribution is -2.24. The molecule has 2 aromatic heterocycles. The van der Waals surface area contributed by atoms with Crippen molar-refractivity contribution in [2.75, 3.05) is 12.8 Å². The maximum Gasteiger partial charge on any atom is 0.257 e. The molecule has 34 heavy (non-hydrogen) atoms. The first-order valence-corrected chi connectivity index (χ1v) is 10.7. The Labute approximate surface area is 195 Å². The monoisotopic (exact) mass is 455 g/mol. The van der Waals surface area contributed by atoms with E-state index in [4.69, 9.17) is 20.4 Å². The van der Waals surface area contributed by atoms with E-state index >= 15 is 0 Å².